The van der Waals surface area contributed by atoms with Gasteiger partial charge in [-0.15, -0.1) is 0 Å². The van der Waals surface area contributed by atoms with Crippen LogP contribution in [0.4, 0.5) is 5.69 Å². The predicted octanol–water partition coefficient (Wildman–Crippen LogP) is 4.49. The number of aromatic nitrogens is 3. The van der Waals surface area contributed by atoms with Crippen LogP contribution in [0.5, 0.6) is 0 Å². The molecule has 0 radical (unpaired) electrons. The average Bonchev–Trinajstić information content (AvgIpc) is 2.94. The predicted molar refractivity (Wildman–Crippen MR) is 94.3 cm³/mol. The Morgan fingerprint density at radius 3 is 2.83 bits per heavy atom. The third-order valence-electron chi connectivity index (χ3n) is 4.52. The van der Waals surface area contributed by atoms with E-state index < -0.39 is 0 Å². The highest BCUT2D eigenvalue weighted by molar-refractivity contribution is 9.10. The van der Waals surface area contributed by atoms with Crippen LogP contribution in [0.3, 0.4) is 0 Å². The Bertz CT molecular complexity index is 918. The summed E-state index contributed by atoms with van der Waals surface area (Å²) >= 11 is 3.48. The van der Waals surface area contributed by atoms with Crippen molar-refractivity contribution in [2.45, 2.75) is 38.1 Å². The Kier molecular flexibility index (Phi) is 3.66. The molecule has 0 unspecified atom stereocenters. The number of hydrogen-bond donors (Lipinski definition) is 2. The second-order valence-corrected chi connectivity index (χ2v) is 6.95. The second-order valence-electron chi connectivity index (χ2n) is 6.04. The van der Waals surface area contributed by atoms with Crippen molar-refractivity contribution in [3.63, 3.8) is 0 Å². The average molecular weight is 370 g/mol. The highest BCUT2D eigenvalue weighted by Gasteiger charge is 2.19. The maximum atomic E-state index is 9.48. The van der Waals surface area contributed by atoms with Crippen LogP contribution in [-0.4, -0.2) is 21.0 Å². The van der Waals surface area contributed by atoms with Crippen molar-refractivity contribution in [2.24, 2.45) is 0 Å². The molecule has 5 nitrogen and oxygen atoms in total. The van der Waals surface area contributed by atoms with Gasteiger partial charge in [0.2, 0.25) is 0 Å². The first-order chi connectivity index (χ1) is 11.3. The van der Waals surface area contributed by atoms with Crippen molar-refractivity contribution in [3.05, 3.63) is 28.6 Å². The van der Waals surface area contributed by atoms with E-state index in [0.717, 1.165) is 44.9 Å². The number of aromatic amines is 1. The number of halogens is 1. The molecule has 6 heteroatoms. The van der Waals surface area contributed by atoms with E-state index in [-0.39, 0.29) is 0 Å². The minimum atomic E-state index is 0.410. The van der Waals surface area contributed by atoms with Crippen molar-refractivity contribution in [2.75, 3.05) is 5.32 Å². The number of H-pyrrole nitrogens is 1. The summed E-state index contributed by atoms with van der Waals surface area (Å²) in [6.07, 6.45) is 9.56. The molecule has 0 bridgehead atoms. The van der Waals surface area contributed by atoms with Crippen LogP contribution < -0.4 is 5.32 Å². The van der Waals surface area contributed by atoms with Crippen LogP contribution in [0.15, 0.2) is 22.9 Å². The number of pyridine rings is 2. The molecule has 3 heterocycles. The fraction of sp³-hybridized carbons (Fsp3) is 0.353. The lowest BCUT2D eigenvalue weighted by Crippen LogP contribution is -2.23. The van der Waals surface area contributed by atoms with Gasteiger partial charge < -0.3 is 10.3 Å². The fourth-order valence-electron chi connectivity index (χ4n) is 3.42. The number of hydrogen-bond acceptors (Lipinski definition) is 4. The van der Waals surface area contributed by atoms with E-state index in [4.69, 9.17) is 0 Å². The Balaban J connectivity index is 1.93. The van der Waals surface area contributed by atoms with E-state index in [0.29, 0.717) is 11.7 Å². The highest BCUT2D eigenvalue weighted by atomic mass is 79.9. The van der Waals surface area contributed by atoms with Crippen molar-refractivity contribution < 1.29 is 0 Å². The van der Waals surface area contributed by atoms with Crippen LogP contribution in [0, 0.1) is 11.3 Å². The van der Waals surface area contributed by atoms with Crippen molar-refractivity contribution in [1.29, 1.82) is 5.26 Å². The lowest BCUT2D eigenvalue weighted by molar-refractivity contribution is 0.463. The molecule has 2 N–H and O–H groups in total. The minimum Gasteiger partial charge on any atom is -0.379 e. The maximum Gasteiger partial charge on any atom is 0.164 e. The van der Waals surface area contributed by atoms with Gasteiger partial charge in [-0.3, -0.25) is 0 Å². The molecule has 1 saturated carbocycles. The molecule has 3 aromatic rings. The zero-order chi connectivity index (χ0) is 15.8. The molecule has 0 amide bonds. The first-order valence-electron chi connectivity index (χ1n) is 7.89. The molecule has 0 saturated heterocycles. The standard InChI is InChI=1S/C17H16BrN5/c18-10-6-12-15-14(23-17(12)21-8-10)9-20-13(7-19)16(15)22-11-4-2-1-3-5-11/h6,8-9,11,22H,1-5H2,(H,21,23). The normalized spacial score (nSPS) is 15.8. The summed E-state index contributed by atoms with van der Waals surface area (Å²) in [6.45, 7) is 0. The largest absolute Gasteiger partial charge is 0.379 e. The molecule has 1 aliphatic carbocycles. The van der Waals surface area contributed by atoms with Gasteiger partial charge in [0.25, 0.3) is 0 Å². The Labute approximate surface area is 142 Å². The van der Waals surface area contributed by atoms with E-state index in [1.165, 1.54) is 19.3 Å². The molecular weight excluding hydrogens is 354 g/mol. The van der Waals surface area contributed by atoms with Gasteiger partial charge in [-0.05, 0) is 34.8 Å². The first-order valence-corrected chi connectivity index (χ1v) is 8.68. The second kappa shape index (κ2) is 5.82. The lowest BCUT2D eigenvalue weighted by atomic mass is 9.95. The zero-order valence-corrected chi connectivity index (χ0v) is 14.2. The number of anilines is 1. The van der Waals surface area contributed by atoms with Gasteiger partial charge in [0.1, 0.15) is 11.7 Å². The molecule has 0 aliphatic heterocycles. The molecular formula is C17H16BrN5. The van der Waals surface area contributed by atoms with Gasteiger partial charge in [-0.2, -0.15) is 5.26 Å². The third-order valence-corrected chi connectivity index (χ3v) is 4.95. The van der Waals surface area contributed by atoms with Crippen molar-refractivity contribution >= 4 is 43.6 Å². The summed E-state index contributed by atoms with van der Waals surface area (Å²) in [5.74, 6) is 0. The van der Waals surface area contributed by atoms with Gasteiger partial charge in [0, 0.05) is 27.5 Å². The zero-order valence-electron chi connectivity index (χ0n) is 12.6. The van der Waals surface area contributed by atoms with E-state index in [1.54, 1.807) is 12.4 Å². The summed E-state index contributed by atoms with van der Waals surface area (Å²) < 4.78 is 0.921. The SMILES string of the molecule is N#Cc1ncc2[nH]c3ncc(Br)cc3c2c1NC1CCCCC1. The van der Waals surface area contributed by atoms with Crippen molar-refractivity contribution in [1.82, 2.24) is 15.0 Å². The summed E-state index contributed by atoms with van der Waals surface area (Å²) in [6, 6.07) is 4.67. The number of rotatable bonds is 2. The summed E-state index contributed by atoms with van der Waals surface area (Å²) in [5.41, 5.74) is 3.00. The quantitative estimate of drug-likeness (QED) is 0.697. The molecule has 0 atom stereocenters. The molecule has 23 heavy (non-hydrogen) atoms. The molecule has 116 valence electrons. The number of nitrogens with one attached hydrogen (secondary N) is 2. The van der Waals surface area contributed by atoms with E-state index in [9.17, 15) is 5.26 Å². The van der Waals surface area contributed by atoms with Gasteiger partial charge in [0.15, 0.2) is 5.69 Å². The minimum absolute atomic E-state index is 0.410. The fourth-order valence-corrected chi connectivity index (χ4v) is 3.75. The van der Waals surface area contributed by atoms with Crippen molar-refractivity contribution in [3.8, 4) is 6.07 Å². The number of nitrogens with zero attached hydrogens (tertiary/aromatic N) is 3. The van der Waals surface area contributed by atoms with Crippen LogP contribution >= 0.6 is 15.9 Å². The molecule has 0 spiro atoms. The highest BCUT2D eigenvalue weighted by Crippen LogP contribution is 2.35. The van der Waals surface area contributed by atoms with E-state index in [1.807, 2.05) is 6.07 Å². The molecule has 4 rings (SSSR count). The summed E-state index contributed by atoms with van der Waals surface area (Å²) in [4.78, 5) is 12.0. The number of fused-ring (bicyclic) bond motifs is 3. The smallest absolute Gasteiger partial charge is 0.164 e. The van der Waals surface area contributed by atoms with Crippen LogP contribution in [0.1, 0.15) is 37.8 Å². The Morgan fingerprint density at radius 2 is 2.04 bits per heavy atom. The summed E-state index contributed by atoms with van der Waals surface area (Å²) in [5, 5.41) is 15.1. The van der Waals surface area contributed by atoms with E-state index in [2.05, 4.69) is 42.3 Å². The lowest BCUT2D eigenvalue weighted by Gasteiger charge is -2.24. The maximum absolute atomic E-state index is 9.48. The molecule has 1 fully saturated rings. The van der Waals surface area contributed by atoms with Crippen LogP contribution in [-0.2, 0) is 0 Å². The first kappa shape index (κ1) is 14.5. The Morgan fingerprint density at radius 1 is 1.22 bits per heavy atom. The molecule has 0 aromatic carbocycles. The molecule has 3 aromatic heterocycles. The Hall–Kier alpha value is -2.13. The third kappa shape index (κ3) is 2.55. The van der Waals surface area contributed by atoms with Crippen LogP contribution in [0.2, 0.25) is 0 Å². The van der Waals surface area contributed by atoms with Gasteiger partial charge in [-0.1, -0.05) is 19.3 Å². The van der Waals surface area contributed by atoms with E-state index >= 15 is 0 Å². The van der Waals surface area contributed by atoms with Gasteiger partial charge in [0.05, 0.1) is 17.4 Å². The topological polar surface area (TPSA) is 77.4 Å². The van der Waals surface area contributed by atoms with Gasteiger partial charge >= 0.3 is 0 Å². The van der Waals surface area contributed by atoms with Crippen LogP contribution in [0.25, 0.3) is 21.9 Å². The van der Waals surface area contributed by atoms with Gasteiger partial charge in [-0.25, -0.2) is 9.97 Å². The molecule has 1 aliphatic rings. The number of nitriles is 1. The summed E-state index contributed by atoms with van der Waals surface area (Å²) in [7, 11) is 0. The monoisotopic (exact) mass is 369 g/mol.